The molecule has 3 fully saturated rings. The largest absolute Gasteiger partial charge is 1.00 e. The van der Waals surface area contributed by atoms with E-state index >= 15 is 0 Å². The number of terminal acetylenes is 2. The number of halogens is 2. The van der Waals surface area contributed by atoms with Crippen LogP contribution in [0, 0.1) is 24.7 Å². The van der Waals surface area contributed by atoms with Crippen LogP contribution in [0.1, 0.15) is 32.1 Å². The van der Waals surface area contributed by atoms with Crippen molar-refractivity contribution in [2.75, 3.05) is 175 Å². The second-order valence-electron chi connectivity index (χ2n) is 18.3. The molecule has 3 aliphatic rings. The van der Waals surface area contributed by atoms with Crippen LogP contribution in [-0.2, 0) is 117 Å². The maximum Gasteiger partial charge on any atom is 1.00 e. The van der Waals surface area contributed by atoms with E-state index in [1.165, 1.54) is 68.7 Å². The minimum Gasteiger partial charge on any atom is -0.735 e. The summed E-state index contributed by atoms with van der Waals surface area (Å²) in [7, 11) is -33.1. The predicted molar refractivity (Wildman–Crippen MR) is 335 cm³/mol. The van der Waals surface area contributed by atoms with Crippen LogP contribution in [0.15, 0.2) is 50.1 Å². The summed E-state index contributed by atoms with van der Waals surface area (Å²) in [6, 6.07) is 0. The number of nitrogens with zero attached hydrogens (tertiary/aromatic N) is 10. The monoisotopic (exact) mass is 1690 g/mol. The minimum atomic E-state index is -4.87. The van der Waals surface area contributed by atoms with Crippen molar-refractivity contribution >= 4 is 103 Å². The molecule has 0 saturated carbocycles. The third-order valence-electron chi connectivity index (χ3n) is 9.89. The number of methoxy groups -OCH3 is 2. The van der Waals surface area contributed by atoms with Gasteiger partial charge < -0.3 is 59.7 Å². The Labute approximate surface area is 759 Å². The van der Waals surface area contributed by atoms with Crippen LogP contribution in [0.4, 0.5) is 8.78 Å². The molecule has 0 N–H and O–H groups in total. The average Bonchev–Trinajstić information content (AvgIpc) is 0.977. The molecule has 3 saturated heterocycles. The second-order valence-corrected chi connectivity index (χ2v) is 32.6. The SMILES string of the molecule is C#CCN(CC#C)S(=O)(=O)[O-].C=C(F)CN(CC(=C)F)S(=O)(=O)[O-].C=CCN(CC=C)S(=O)(=O)[O-].CN(C)S(=O)(=O)[O-].CN(C)S(=O)(=O)[O-].CN(C)S(=O)(=O)[O-].COCCN(CCOC)S(=O)(=O)[O-].O=S(=O)([O-])N1CCCC1.O=S(=O)([O-])N1CCCCC1.O=S(=O)([O-])N1CCOCC1.[Li+].[Li+].[Li+].[Li+].[Li+].[Li+].[Li+].[Li+].[Li+].[Li+]. The summed E-state index contributed by atoms with van der Waals surface area (Å²) in [5, 5.41) is 0. The maximum absolute atomic E-state index is 12.1. The molecule has 3 aliphatic heterocycles. The Bertz CT molecular complexity index is 3450. The van der Waals surface area contributed by atoms with Crippen LogP contribution in [0.3, 0.4) is 0 Å². The van der Waals surface area contributed by atoms with Crippen LogP contribution in [0.25, 0.3) is 0 Å². The van der Waals surface area contributed by atoms with Gasteiger partial charge in [0.1, 0.15) is 11.7 Å². The zero-order chi connectivity index (χ0) is 79.1. The van der Waals surface area contributed by atoms with E-state index in [0.29, 0.717) is 56.6 Å². The van der Waals surface area contributed by atoms with Crippen molar-refractivity contribution in [1.29, 1.82) is 0 Å². The molecule has 3 heterocycles. The summed E-state index contributed by atoms with van der Waals surface area (Å²) in [6.07, 6.45) is 16.6. The van der Waals surface area contributed by atoms with E-state index in [2.05, 4.69) is 35.8 Å². The molecule has 0 atom stereocenters. The Morgan fingerprint density at radius 3 is 0.759 bits per heavy atom. The van der Waals surface area contributed by atoms with Crippen molar-refractivity contribution in [3.05, 3.63) is 50.1 Å². The number of ether oxygens (including phenoxy) is 3. The molecule has 586 valence electrons. The molecule has 0 aromatic carbocycles. The molecule has 3 rings (SSSR count). The standard InChI is InChI=1S/C6H9F2NO3S.C6H15NO5S.C6H11NO3S.C6H7NO3S.C5H11NO3S.C4H9NO4S.C4H9NO3S.3C2H7NO3S.10Li/c1-5(7)3-9(4-6(2)8)13(10,11)12;1-11-5-3-7(4-6-12-2)13(8,9)10;2*1-3-5-7(6-4-2)11(8,9)10;7-10(8,9)6-4-2-1-3-5-6;6-10(7,8)5-1-3-9-4-2-5;6-9(7,8)5-3-1-2-4-5;3*1-3(2)7(4,5)6;;;;;;;;;;/h1-4H2,(H,10,11,12);3-6H2,1-2H3,(H,8,9,10);3-4H,1-2,5-6H2,(H,8,9,10);1-2H,5-6H2,(H,8,9,10);1-5H2,(H,7,8,9);1-4H2,(H,6,7,8);1-4H2,(H,6,7,8);3*1-2H3,(H,4,5,6);;;;;;;;;;/q;;;;;;;;;;10*+1/p-10. The van der Waals surface area contributed by atoms with E-state index in [-0.39, 0.29) is 258 Å². The van der Waals surface area contributed by atoms with Gasteiger partial charge in [-0.1, -0.05) is 43.6 Å². The molecule has 0 bridgehead atoms. The van der Waals surface area contributed by atoms with E-state index in [1.54, 1.807) is 0 Å². The number of hydrogen-bond donors (Lipinski definition) is 0. The van der Waals surface area contributed by atoms with E-state index in [4.69, 9.17) is 17.6 Å². The van der Waals surface area contributed by atoms with Gasteiger partial charge in [-0.25, -0.2) is 127 Å². The van der Waals surface area contributed by atoms with Crippen molar-refractivity contribution in [1.82, 2.24) is 43.1 Å². The summed E-state index contributed by atoms with van der Waals surface area (Å²) >= 11 is 0. The molecule has 0 spiro atoms. The fraction of sp³-hybridized carbons (Fsp3) is 0.721. The molecule has 0 aliphatic carbocycles. The Balaban J connectivity index is -0.0000000565. The average molecular weight is 1700 g/mol. The van der Waals surface area contributed by atoms with Gasteiger partial charge in [0, 0.05) is 122 Å². The van der Waals surface area contributed by atoms with Crippen LogP contribution < -0.4 is 189 Å². The van der Waals surface area contributed by atoms with Crippen molar-refractivity contribution in [3.63, 3.8) is 0 Å². The van der Waals surface area contributed by atoms with E-state index in [0.717, 1.165) is 53.6 Å². The van der Waals surface area contributed by atoms with Gasteiger partial charge in [-0.15, -0.1) is 26.0 Å². The number of piperidine rings is 1. The summed E-state index contributed by atoms with van der Waals surface area (Å²) in [4.78, 5) is 0. The molecular formula is C43H82F2Li10N10O33S10. The third kappa shape index (κ3) is 97.3. The van der Waals surface area contributed by atoms with Gasteiger partial charge in [0.2, 0.25) is 0 Å². The summed E-state index contributed by atoms with van der Waals surface area (Å²) in [6.45, 7) is 13.1. The second kappa shape index (κ2) is 78.1. The Morgan fingerprint density at radius 1 is 0.398 bits per heavy atom. The topological polar surface area (TPSA) is 632 Å². The molecular weight excluding hydrogens is 1610 g/mol. The molecule has 65 heteroatoms. The summed E-state index contributed by atoms with van der Waals surface area (Å²) < 4.78 is 350. The first-order chi connectivity index (χ1) is 43.9. The Hall–Kier alpha value is 2.49. The normalized spacial score (nSPS) is 13.7. The van der Waals surface area contributed by atoms with Gasteiger partial charge in [0.25, 0.3) is 0 Å². The van der Waals surface area contributed by atoms with Gasteiger partial charge in [-0.05, 0) is 25.7 Å². The maximum atomic E-state index is 12.1. The fourth-order valence-electron chi connectivity index (χ4n) is 5.05. The van der Waals surface area contributed by atoms with Gasteiger partial charge in [-0.3, -0.25) is 0 Å². The third-order valence-corrected chi connectivity index (χ3v) is 19.3. The van der Waals surface area contributed by atoms with Gasteiger partial charge >= 0.3 is 189 Å². The molecule has 0 unspecified atom stereocenters. The summed E-state index contributed by atoms with van der Waals surface area (Å²) in [5.41, 5.74) is 0. The molecule has 0 aromatic rings. The van der Waals surface area contributed by atoms with Crippen LogP contribution in [-0.4, -0.2) is 347 Å². The van der Waals surface area contributed by atoms with Gasteiger partial charge in [0.15, 0.2) is 103 Å². The van der Waals surface area contributed by atoms with Crippen molar-refractivity contribution in [2.24, 2.45) is 0 Å². The first-order valence-corrected chi connectivity index (χ1v) is 39.8. The van der Waals surface area contributed by atoms with Crippen molar-refractivity contribution in [2.45, 2.75) is 32.1 Å². The molecule has 0 aromatic heterocycles. The quantitative estimate of drug-likeness (QED) is 0.0336. The number of morpholine rings is 1. The fourth-order valence-corrected chi connectivity index (χ4v) is 9.29. The predicted octanol–water partition coefficient (Wildman–Crippen LogP) is -35.8. The van der Waals surface area contributed by atoms with E-state index in [9.17, 15) is 138 Å². The zero-order valence-electron chi connectivity index (χ0n) is 64.2. The van der Waals surface area contributed by atoms with Crippen molar-refractivity contribution < 1.29 is 341 Å². The zero-order valence-corrected chi connectivity index (χ0v) is 72.3. The Morgan fingerprint density at radius 2 is 0.611 bits per heavy atom. The minimum absolute atomic E-state index is 0. The number of hydrogen-bond acceptors (Lipinski definition) is 33. The molecule has 43 nitrogen and oxygen atoms in total. The van der Waals surface area contributed by atoms with E-state index in [1.807, 2.05) is 11.8 Å². The molecule has 0 amide bonds. The molecule has 108 heavy (non-hydrogen) atoms. The first-order valence-electron chi connectivity index (χ1n) is 26.1. The van der Waals surface area contributed by atoms with Gasteiger partial charge in [-0.2, -0.15) is 8.61 Å². The molecule has 0 radical (unpaired) electrons. The Kier molecular flexibility index (Phi) is 110. The summed E-state index contributed by atoms with van der Waals surface area (Å²) in [5.74, 6) is 1.94. The van der Waals surface area contributed by atoms with Crippen LogP contribution in [0.5, 0.6) is 0 Å². The van der Waals surface area contributed by atoms with Crippen LogP contribution in [0.2, 0.25) is 0 Å². The first kappa shape index (κ1) is 152. The van der Waals surface area contributed by atoms with E-state index < -0.39 is 128 Å². The van der Waals surface area contributed by atoms with Crippen LogP contribution >= 0.6 is 0 Å². The van der Waals surface area contributed by atoms with Crippen molar-refractivity contribution in [3.8, 4) is 24.7 Å². The van der Waals surface area contributed by atoms with Gasteiger partial charge in [0.05, 0.1) is 52.6 Å². The number of rotatable bonds is 26. The smallest absolute Gasteiger partial charge is 0.735 e.